The highest BCUT2D eigenvalue weighted by atomic mass is 16.4. The lowest BCUT2D eigenvalue weighted by Crippen LogP contribution is -1.93. The van der Waals surface area contributed by atoms with Gasteiger partial charge in [0, 0.05) is 18.9 Å². The Morgan fingerprint density at radius 3 is 1.03 bits per heavy atom. The first-order valence-electron chi connectivity index (χ1n) is 10.8. The molecule has 0 aliphatic heterocycles. The van der Waals surface area contributed by atoms with Gasteiger partial charge < -0.3 is 20.4 Å². The van der Waals surface area contributed by atoms with Crippen LogP contribution in [0, 0.1) is 0 Å². The van der Waals surface area contributed by atoms with E-state index in [4.69, 9.17) is 20.4 Å². The summed E-state index contributed by atoms with van der Waals surface area (Å²) >= 11 is 0. The van der Waals surface area contributed by atoms with E-state index in [-0.39, 0.29) is 11.5 Å². The summed E-state index contributed by atoms with van der Waals surface area (Å²) in [7, 11) is 0. The Bertz CT molecular complexity index is 501. The number of rotatable bonds is 16. The molecule has 6 nitrogen and oxygen atoms in total. The van der Waals surface area contributed by atoms with E-state index in [1.54, 1.807) is 6.07 Å². The van der Waals surface area contributed by atoms with Gasteiger partial charge in [-0.2, -0.15) is 0 Å². The molecule has 6 heteroatoms. The Labute approximate surface area is 174 Å². The lowest BCUT2D eigenvalue weighted by Gasteiger charge is -2.02. The van der Waals surface area contributed by atoms with Crippen molar-refractivity contribution in [3.05, 3.63) is 24.3 Å². The molecule has 166 valence electrons. The maximum atomic E-state index is 10.3. The maximum Gasteiger partial charge on any atom is 0.303 e. The number of carboxylic acid groups (broad SMARTS) is 2. The van der Waals surface area contributed by atoms with Crippen molar-refractivity contribution in [2.24, 2.45) is 0 Å². The summed E-state index contributed by atoms with van der Waals surface area (Å²) in [4.78, 5) is 20.6. The number of hydrogen-bond acceptors (Lipinski definition) is 4. The topological polar surface area (TPSA) is 115 Å². The first-order chi connectivity index (χ1) is 13.9. The zero-order chi connectivity index (χ0) is 21.7. The van der Waals surface area contributed by atoms with Gasteiger partial charge in [0.25, 0.3) is 0 Å². The molecule has 4 N–H and O–H groups in total. The van der Waals surface area contributed by atoms with Crippen molar-refractivity contribution < 1.29 is 30.0 Å². The molecule has 0 radical (unpaired) electrons. The number of carboxylic acids is 2. The second kappa shape index (κ2) is 19.1. The van der Waals surface area contributed by atoms with Crippen molar-refractivity contribution in [2.45, 2.75) is 96.3 Å². The summed E-state index contributed by atoms with van der Waals surface area (Å²) in [5, 5.41) is 34.3. The van der Waals surface area contributed by atoms with Gasteiger partial charge in [-0.1, -0.05) is 76.7 Å². The van der Waals surface area contributed by atoms with Crippen LogP contribution in [0.4, 0.5) is 0 Å². The number of hydrogen-bond donors (Lipinski definition) is 4. The van der Waals surface area contributed by atoms with E-state index >= 15 is 0 Å². The van der Waals surface area contributed by atoms with Gasteiger partial charge in [0.15, 0.2) is 0 Å². The molecule has 29 heavy (non-hydrogen) atoms. The van der Waals surface area contributed by atoms with Gasteiger partial charge in [0.1, 0.15) is 11.5 Å². The highest BCUT2D eigenvalue weighted by Crippen LogP contribution is 2.15. The number of phenols is 2. The van der Waals surface area contributed by atoms with Crippen LogP contribution in [0.5, 0.6) is 11.5 Å². The van der Waals surface area contributed by atoms with Crippen LogP contribution in [0.15, 0.2) is 24.3 Å². The van der Waals surface area contributed by atoms with Crippen LogP contribution in [0.25, 0.3) is 0 Å². The van der Waals surface area contributed by atoms with Crippen molar-refractivity contribution in [1.29, 1.82) is 0 Å². The van der Waals surface area contributed by atoms with E-state index in [9.17, 15) is 9.59 Å². The molecule has 1 rings (SSSR count). The van der Waals surface area contributed by atoms with Crippen LogP contribution in [-0.4, -0.2) is 32.4 Å². The van der Waals surface area contributed by atoms with Crippen LogP contribution in [0.1, 0.15) is 96.3 Å². The molecular weight excluding hydrogens is 372 g/mol. The largest absolute Gasteiger partial charge is 0.508 e. The number of unbranched alkanes of at least 4 members (excludes halogenated alkanes) is 12. The molecule has 0 saturated carbocycles. The fourth-order valence-electron chi connectivity index (χ4n) is 2.99. The Kier molecular flexibility index (Phi) is 17.6. The van der Waals surface area contributed by atoms with E-state index < -0.39 is 11.9 Å². The van der Waals surface area contributed by atoms with E-state index in [1.165, 1.54) is 63.1 Å². The number of aliphatic carboxylic acids is 2. The molecule has 1 aromatic rings. The molecule has 0 heterocycles. The average molecular weight is 411 g/mol. The number of aromatic hydroxyl groups is 2. The Balaban J connectivity index is 0.000000807. The SMILES string of the molecule is O=C(O)CCCCCCCCCCCCCCCC(=O)O.Oc1cccc(O)c1. The first kappa shape index (κ1) is 26.8. The number of carbonyl (C=O) groups is 2. The van der Waals surface area contributed by atoms with Crippen LogP contribution in [0.3, 0.4) is 0 Å². The van der Waals surface area contributed by atoms with Gasteiger partial charge in [-0.05, 0) is 25.0 Å². The third-order valence-corrected chi connectivity index (χ3v) is 4.61. The Hall–Kier alpha value is -2.24. The quantitative estimate of drug-likeness (QED) is 0.245. The van der Waals surface area contributed by atoms with Crippen molar-refractivity contribution in [3.63, 3.8) is 0 Å². The molecule has 0 bridgehead atoms. The summed E-state index contributed by atoms with van der Waals surface area (Å²) in [6, 6.07) is 5.85. The fourth-order valence-corrected chi connectivity index (χ4v) is 2.99. The normalized spacial score (nSPS) is 10.2. The monoisotopic (exact) mass is 410 g/mol. The molecule has 0 unspecified atom stereocenters. The first-order valence-corrected chi connectivity index (χ1v) is 10.8. The molecule has 0 amide bonds. The van der Waals surface area contributed by atoms with Gasteiger partial charge in [-0.3, -0.25) is 9.59 Å². The van der Waals surface area contributed by atoms with Crippen molar-refractivity contribution in [2.75, 3.05) is 0 Å². The highest BCUT2D eigenvalue weighted by molar-refractivity contribution is 5.66. The molecule has 0 spiro atoms. The second-order valence-electron chi connectivity index (χ2n) is 7.40. The predicted octanol–water partition coefficient (Wildman–Crippen LogP) is 6.10. The minimum Gasteiger partial charge on any atom is -0.508 e. The van der Waals surface area contributed by atoms with Gasteiger partial charge in [-0.15, -0.1) is 0 Å². The van der Waals surface area contributed by atoms with Crippen molar-refractivity contribution in [3.8, 4) is 11.5 Å². The van der Waals surface area contributed by atoms with E-state index in [2.05, 4.69) is 0 Å². The lowest BCUT2D eigenvalue weighted by atomic mass is 10.0. The zero-order valence-corrected chi connectivity index (χ0v) is 17.5. The smallest absolute Gasteiger partial charge is 0.303 e. The summed E-state index contributed by atoms with van der Waals surface area (Å²) < 4.78 is 0. The van der Waals surface area contributed by atoms with E-state index in [1.807, 2.05) is 0 Å². The van der Waals surface area contributed by atoms with Gasteiger partial charge in [-0.25, -0.2) is 0 Å². The second-order valence-corrected chi connectivity index (χ2v) is 7.40. The number of phenolic OH excluding ortho intramolecular Hbond substituents is 2. The molecule has 0 fully saturated rings. The molecule has 0 atom stereocenters. The molecule has 0 aliphatic carbocycles. The van der Waals surface area contributed by atoms with Crippen LogP contribution >= 0.6 is 0 Å². The molecule has 0 saturated heterocycles. The van der Waals surface area contributed by atoms with E-state index in [0.29, 0.717) is 12.8 Å². The van der Waals surface area contributed by atoms with Crippen LogP contribution in [0.2, 0.25) is 0 Å². The minimum absolute atomic E-state index is 0.0880. The fraction of sp³-hybridized carbons (Fsp3) is 0.652. The summed E-state index contributed by atoms with van der Waals surface area (Å²) in [5.41, 5.74) is 0. The van der Waals surface area contributed by atoms with Crippen LogP contribution < -0.4 is 0 Å². The minimum atomic E-state index is -0.682. The highest BCUT2D eigenvalue weighted by Gasteiger charge is 1.98. The van der Waals surface area contributed by atoms with Crippen molar-refractivity contribution >= 4 is 11.9 Å². The zero-order valence-electron chi connectivity index (χ0n) is 17.5. The molecular formula is C23H38O6. The third kappa shape index (κ3) is 21.9. The van der Waals surface area contributed by atoms with Crippen LogP contribution in [-0.2, 0) is 9.59 Å². The summed E-state index contributed by atoms with van der Waals surface area (Å²) in [6.45, 7) is 0. The summed E-state index contributed by atoms with van der Waals surface area (Å²) in [5.74, 6) is -1.19. The van der Waals surface area contributed by atoms with Gasteiger partial charge >= 0.3 is 11.9 Å². The van der Waals surface area contributed by atoms with Gasteiger partial charge in [0.05, 0.1) is 0 Å². The van der Waals surface area contributed by atoms with Gasteiger partial charge in [0.2, 0.25) is 0 Å². The van der Waals surface area contributed by atoms with E-state index in [0.717, 1.165) is 38.5 Å². The molecule has 1 aromatic carbocycles. The Morgan fingerprint density at radius 1 is 0.552 bits per heavy atom. The molecule has 0 aliphatic rings. The lowest BCUT2D eigenvalue weighted by molar-refractivity contribution is -0.138. The van der Waals surface area contributed by atoms with Crippen molar-refractivity contribution in [1.82, 2.24) is 0 Å². The summed E-state index contributed by atoms with van der Waals surface area (Å²) in [6.07, 6.45) is 15.5. The maximum absolute atomic E-state index is 10.3. The molecule has 0 aromatic heterocycles. The predicted molar refractivity (Wildman–Crippen MR) is 114 cm³/mol. The number of benzene rings is 1. The standard InChI is InChI=1S/C17H32O4.C6H6O2/c18-16(19)14-12-10-8-6-4-2-1-3-5-7-9-11-13-15-17(20)21;7-5-2-1-3-6(8)4-5/h1-15H2,(H,18,19)(H,20,21);1-4,7-8H. The third-order valence-electron chi connectivity index (χ3n) is 4.61. The average Bonchev–Trinajstić information content (AvgIpc) is 2.64. The Morgan fingerprint density at radius 2 is 0.828 bits per heavy atom.